The van der Waals surface area contributed by atoms with Crippen molar-refractivity contribution in [1.29, 1.82) is 0 Å². The van der Waals surface area contributed by atoms with Crippen molar-refractivity contribution in [3.8, 4) is 11.3 Å². The summed E-state index contributed by atoms with van der Waals surface area (Å²) in [6.07, 6.45) is 4.35. The Balaban J connectivity index is 2.12. The van der Waals surface area contributed by atoms with Crippen LogP contribution in [0.1, 0.15) is 5.76 Å². The number of benzene rings is 1. The number of hydrogen-bond acceptors (Lipinski definition) is 3. The molecule has 0 fully saturated rings. The molecule has 0 bridgehead atoms. The second-order valence-corrected chi connectivity index (χ2v) is 5.40. The van der Waals surface area contributed by atoms with Crippen LogP contribution in [-0.2, 0) is 9.53 Å². The van der Waals surface area contributed by atoms with Crippen molar-refractivity contribution in [1.82, 2.24) is 0 Å². The molecule has 0 unspecified atom stereocenters. The van der Waals surface area contributed by atoms with Gasteiger partial charge in [0.05, 0.1) is 5.02 Å². The molecule has 0 radical (unpaired) electrons. The van der Waals surface area contributed by atoms with Crippen molar-refractivity contribution in [2.24, 2.45) is 0 Å². The summed E-state index contributed by atoms with van der Waals surface area (Å²) in [5, 5.41) is 0.583. The Kier molecular flexibility index (Phi) is 5.42. The molecule has 0 amide bonds. The Morgan fingerprint density at radius 3 is 2.90 bits per heavy atom. The monoisotopic (exact) mass is 366 g/mol. The number of carbonyl (C=O) groups is 1. The lowest BCUT2D eigenvalue weighted by molar-refractivity contribution is -0.136. The molecule has 21 heavy (non-hydrogen) atoms. The minimum atomic E-state index is -0.450. The molecule has 0 atom stereocenters. The van der Waals surface area contributed by atoms with Crippen molar-refractivity contribution < 1.29 is 13.9 Å². The van der Waals surface area contributed by atoms with Gasteiger partial charge in [-0.05, 0) is 36.4 Å². The zero-order valence-corrected chi connectivity index (χ0v) is 13.4. The number of ether oxygens (including phenoxy) is 1. The van der Waals surface area contributed by atoms with Crippen LogP contribution in [-0.4, -0.2) is 12.6 Å². The van der Waals surface area contributed by atoms with E-state index in [2.05, 4.69) is 22.5 Å². The lowest BCUT2D eigenvalue weighted by Gasteiger charge is -2.00. The molecular formula is C16H12BrClO3. The highest BCUT2D eigenvalue weighted by Gasteiger charge is 2.08. The average Bonchev–Trinajstić information content (AvgIpc) is 2.91. The maximum absolute atomic E-state index is 11.3. The van der Waals surface area contributed by atoms with Crippen LogP contribution in [0, 0.1) is 0 Å². The molecule has 1 aromatic heterocycles. The van der Waals surface area contributed by atoms with Gasteiger partial charge < -0.3 is 9.15 Å². The topological polar surface area (TPSA) is 39.4 Å². The Labute approximate surface area is 136 Å². The van der Waals surface area contributed by atoms with Gasteiger partial charge in [0.25, 0.3) is 0 Å². The molecule has 1 aromatic carbocycles. The second kappa shape index (κ2) is 7.29. The summed E-state index contributed by atoms with van der Waals surface area (Å²) in [5.41, 5.74) is 0.786. The number of esters is 1. The van der Waals surface area contributed by atoms with Crippen LogP contribution >= 0.6 is 27.5 Å². The van der Waals surface area contributed by atoms with Crippen LogP contribution in [0.15, 0.2) is 58.0 Å². The van der Waals surface area contributed by atoms with Crippen molar-refractivity contribution >= 4 is 39.6 Å². The lowest BCUT2D eigenvalue weighted by Crippen LogP contribution is -1.99. The van der Waals surface area contributed by atoms with Crippen LogP contribution in [0.3, 0.4) is 0 Å². The van der Waals surface area contributed by atoms with E-state index < -0.39 is 5.97 Å². The largest absolute Gasteiger partial charge is 0.458 e. The number of rotatable bonds is 5. The molecule has 2 aromatic rings. The summed E-state index contributed by atoms with van der Waals surface area (Å²) < 4.78 is 11.4. The third kappa shape index (κ3) is 4.34. The quantitative estimate of drug-likeness (QED) is 0.419. The predicted molar refractivity (Wildman–Crippen MR) is 87.0 cm³/mol. The van der Waals surface area contributed by atoms with Crippen LogP contribution < -0.4 is 0 Å². The minimum Gasteiger partial charge on any atom is -0.458 e. The molecule has 0 aliphatic heterocycles. The first-order chi connectivity index (χ1) is 10.1. The van der Waals surface area contributed by atoms with Crippen LogP contribution in [0.4, 0.5) is 0 Å². The molecule has 3 nitrogen and oxygen atoms in total. The van der Waals surface area contributed by atoms with Gasteiger partial charge in [0.2, 0.25) is 0 Å². The van der Waals surface area contributed by atoms with Gasteiger partial charge in [-0.25, -0.2) is 4.79 Å². The molecule has 2 rings (SSSR count). The molecule has 5 heteroatoms. The molecule has 108 valence electrons. The van der Waals surface area contributed by atoms with E-state index in [0.717, 1.165) is 10.0 Å². The standard InChI is InChI=1S/C16H12BrClO3/c1-2-9-20-16(19)8-5-12-4-7-15(21-12)13-6-3-11(17)10-14(13)18/h2-8,10H,1,9H2/b8-5+. The summed E-state index contributed by atoms with van der Waals surface area (Å²) in [7, 11) is 0. The average molecular weight is 368 g/mol. The van der Waals surface area contributed by atoms with Crippen LogP contribution in [0.5, 0.6) is 0 Å². The number of halogens is 2. The molecule has 0 saturated heterocycles. The first-order valence-corrected chi connectivity index (χ1v) is 7.28. The summed E-state index contributed by atoms with van der Waals surface area (Å²) >= 11 is 9.52. The van der Waals surface area contributed by atoms with Crippen molar-refractivity contribution in [3.63, 3.8) is 0 Å². The number of carbonyl (C=O) groups excluding carboxylic acids is 1. The predicted octanol–water partition coefficient (Wildman–Crippen LogP) is 5.10. The molecule has 0 saturated carbocycles. The number of hydrogen-bond donors (Lipinski definition) is 0. The fraction of sp³-hybridized carbons (Fsp3) is 0.0625. The van der Waals surface area contributed by atoms with Gasteiger partial charge in [-0.3, -0.25) is 0 Å². The van der Waals surface area contributed by atoms with Gasteiger partial charge in [0.15, 0.2) is 0 Å². The summed E-state index contributed by atoms with van der Waals surface area (Å²) in [4.78, 5) is 11.3. The third-order valence-electron chi connectivity index (χ3n) is 2.55. The highest BCUT2D eigenvalue weighted by atomic mass is 79.9. The Morgan fingerprint density at radius 2 is 2.19 bits per heavy atom. The molecule has 1 heterocycles. The second-order valence-electron chi connectivity index (χ2n) is 4.08. The van der Waals surface area contributed by atoms with E-state index in [0.29, 0.717) is 16.5 Å². The number of furan rings is 1. The SMILES string of the molecule is C=CCOC(=O)/C=C/c1ccc(-c2ccc(Br)cc2Cl)o1. The summed E-state index contributed by atoms with van der Waals surface area (Å²) in [6, 6.07) is 9.08. The Hall–Kier alpha value is -1.78. The first-order valence-electron chi connectivity index (χ1n) is 6.11. The van der Waals surface area contributed by atoms with E-state index in [1.807, 2.05) is 12.1 Å². The van der Waals surface area contributed by atoms with E-state index in [9.17, 15) is 4.79 Å². The van der Waals surface area contributed by atoms with E-state index in [4.69, 9.17) is 20.8 Å². The molecule has 0 N–H and O–H groups in total. The fourth-order valence-corrected chi connectivity index (χ4v) is 2.38. The maximum atomic E-state index is 11.3. The summed E-state index contributed by atoms with van der Waals surface area (Å²) in [6.45, 7) is 3.65. The molecule has 0 aliphatic carbocycles. The van der Waals surface area contributed by atoms with Crippen LogP contribution in [0.2, 0.25) is 5.02 Å². The van der Waals surface area contributed by atoms with E-state index in [1.54, 1.807) is 24.3 Å². The first kappa shape index (κ1) is 15.6. The van der Waals surface area contributed by atoms with Gasteiger partial charge in [0, 0.05) is 16.1 Å². The van der Waals surface area contributed by atoms with Gasteiger partial charge in [0.1, 0.15) is 18.1 Å². The lowest BCUT2D eigenvalue weighted by atomic mass is 10.2. The van der Waals surface area contributed by atoms with E-state index >= 15 is 0 Å². The zero-order valence-electron chi connectivity index (χ0n) is 11.0. The molecule has 0 aliphatic rings. The Morgan fingerprint density at radius 1 is 1.38 bits per heavy atom. The van der Waals surface area contributed by atoms with Crippen LogP contribution in [0.25, 0.3) is 17.4 Å². The fourth-order valence-electron chi connectivity index (χ4n) is 1.62. The van der Waals surface area contributed by atoms with Gasteiger partial charge in [-0.1, -0.05) is 40.2 Å². The molecular weight excluding hydrogens is 356 g/mol. The van der Waals surface area contributed by atoms with Gasteiger partial charge in [-0.15, -0.1) is 0 Å². The van der Waals surface area contributed by atoms with E-state index in [-0.39, 0.29) is 6.61 Å². The third-order valence-corrected chi connectivity index (χ3v) is 3.36. The van der Waals surface area contributed by atoms with Crippen molar-refractivity contribution in [2.75, 3.05) is 6.61 Å². The molecule has 0 spiro atoms. The smallest absolute Gasteiger partial charge is 0.331 e. The zero-order chi connectivity index (χ0) is 15.2. The maximum Gasteiger partial charge on any atom is 0.331 e. The summed E-state index contributed by atoms with van der Waals surface area (Å²) in [5.74, 6) is 0.723. The van der Waals surface area contributed by atoms with Gasteiger partial charge in [-0.2, -0.15) is 0 Å². The van der Waals surface area contributed by atoms with Crippen molar-refractivity contribution in [2.45, 2.75) is 0 Å². The van der Waals surface area contributed by atoms with E-state index in [1.165, 1.54) is 12.2 Å². The minimum absolute atomic E-state index is 0.182. The highest BCUT2D eigenvalue weighted by Crippen LogP contribution is 2.31. The van der Waals surface area contributed by atoms with Crippen molar-refractivity contribution in [3.05, 3.63) is 64.3 Å². The normalized spacial score (nSPS) is 10.8. The Bertz CT molecular complexity index is 689. The highest BCUT2D eigenvalue weighted by molar-refractivity contribution is 9.10. The van der Waals surface area contributed by atoms with Gasteiger partial charge >= 0.3 is 5.97 Å².